The van der Waals surface area contributed by atoms with Crippen LogP contribution in [0.1, 0.15) is 25.7 Å². The van der Waals surface area contributed by atoms with Crippen LogP contribution in [0.25, 0.3) is 0 Å². The molecule has 0 spiro atoms. The Morgan fingerprint density at radius 3 is 3.09 bits per heavy atom. The first-order chi connectivity index (χ1) is 5.43. The number of rotatable bonds is 4. The molecule has 2 nitrogen and oxygen atoms in total. The third-order valence-electron chi connectivity index (χ3n) is 1.40. The molecule has 0 fully saturated rings. The monoisotopic (exact) mass is 151 g/mol. The normalized spacial score (nSPS) is 11.0. The van der Waals surface area contributed by atoms with E-state index in [1.54, 1.807) is 12.5 Å². The van der Waals surface area contributed by atoms with Crippen LogP contribution in [0.15, 0.2) is 29.0 Å². The Balaban J connectivity index is 2.23. The van der Waals surface area contributed by atoms with E-state index >= 15 is 0 Å². The number of hydrogen-bond donors (Lipinski definition) is 0. The minimum atomic E-state index is 0.789. The third kappa shape index (κ3) is 3.03. The van der Waals surface area contributed by atoms with Gasteiger partial charge in [-0.05, 0) is 6.42 Å². The van der Waals surface area contributed by atoms with E-state index in [9.17, 15) is 0 Å². The fourth-order valence-corrected chi connectivity index (χ4v) is 0.822. The maximum atomic E-state index is 5.05. The number of allylic oxidation sites excluding steroid dienone is 2. The van der Waals surface area contributed by atoms with E-state index in [0.29, 0.717) is 0 Å². The molecular weight excluding hydrogens is 138 g/mol. The van der Waals surface area contributed by atoms with E-state index in [4.69, 9.17) is 4.42 Å². The highest BCUT2D eigenvalue weighted by Crippen LogP contribution is 1.97. The summed E-state index contributed by atoms with van der Waals surface area (Å²) >= 11 is 0. The number of nitrogens with zero attached hydrogens (tertiary/aromatic N) is 1. The Bertz CT molecular complexity index is 201. The molecule has 2 heteroatoms. The van der Waals surface area contributed by atoms with Gasteiger partial charge in [-0.25, -0.2) is 4.98 Å². The Labute approximate surface area is 66.9 Å². The van der Waals surface area contributed by atoms with Gasteiger partial charge in [0.25, 0.3) is 0 Å². The molecule has 0 radical (unpaired) electrons. The van der Waals surface area contributed by atoms with Crippen LogP contribution in [0.4, 0.5) is 0 Å². The van der Waals surface area contributed by atoms with E-state index in [0.717, 1.165) is 18.7 Å². The van der Waals surface area contributed by atoms with Crippen LogP contribution >= 0.6 is 0 Å². The molecule has 0 aliphatic carbocycles. The summed E-state index contributed by atoms with van der Waals surface area (Å²) in [6.07, 6.45) is 10.7. The molecule has 0 saturated carbocycles. The molecule has 1 aromatic rings. The Morgan fingerprint density at radius 1 is 1.55 bits per heavy atom. The largest absolute Gasteiger partial charge is 0.449 e. The average Bonchev–Trinajstić information content (AvgIpc) is 2.50. The third-order valence-corrected chi connectivity index (χ3v) is 1.40. The Morgan fingerprint density at radius 2 is 2.45 bits per heavy atom. The van der Waals surface area contributed by atoms with Crippen LogP contribution in [-0.4, -0.2) is 4.98 Å². The molecule has 0 saturated heterocycles. The highest BCUT2D eigenvalue weighted by atomic mass is 16.3. The van der Waals surface area contributed by atoms with Crippen molar-refractivity contribution in [2.24, 2.45) is 0 Å². The molecular formula is C9H13NO. The molecule has 0 N–H and O–H groups in total. The van der Waals surface area contributed by atoms with Crippen molar-refractivity contribution in [3.63, 3.8) is 0 Å². The lowest BCUT2D eigenvalue weighted by molar-refractivity contribution is 0.509. The first kappa shape index (κ1) is 8.05. The van der Waals surface area contributed by atoms with E-state index in [2.05, 4.69) is 24.1 Å². The molecule has 0 amide bonds. The summed E-state index contributed by atoms with van der Waals surface area (Å²) in [7, 11) is 0. The van der Waals surface area contributed by atoms with Crippen molar-refractivity contribution in [2.45, 2.75) is 26.2 Å². The number of oxazole rings is 1. The number of hydrogen-bond acceptors (Lipinski definition) is 2. The van der Waals surface area contributed by atoms with Gasteiger partial charge >= 0.3 is 0 Å². The van der Waals surface area contributed by atoms with E-state index in [-0.39, 0.29) is 0 Å². The van der Waals surface area contributed by atoms with Crippen LogP contribution in [0.2, 0.25) is 0 Å². The van der Waals surface area contributed by atoms with Crippen LogP contribution in [0, 0.1) is 0 Å². The first-order valence-electron chi connectivity index (χ1n) is 3.97. The predicted octanol–water partition coefficient (Wildman–Crippen LogP) is 2.57. The Hall–Kier alpha value is -1.05. The Kier molecular flexibility index (Phi) is 3.45. The van der Waals surface area contributed by atoms with Crippen LogP contribution in [-0.2, 0) is 6.42 Å². The van der Waals surface area contributed by atoms with Crippen LogP contribution in [0.3, 0.4) is 0 Å². The molecule has 60 valence electrons. The second-order valence-corrected chi connectivity index (χ2v) is 2.39. The first-order valence-corrected chi connectivity index (χ1v) is 3.97. The van der Waals surface area contributed by atoms with Gasteiger partial charge in [0.2, 0.25) is 0 Å². The smallest absolute Gasteiger partial charge is 0.197 e. The highest BCUT2D eigenvalue weighted by molar-refractivity contribution is 4.92. The molecule has 1 aromatic heterocycles. The van der Waals surface area contributed by atoms with Crippen molar-refractivity contribution < 1.29 is 4.42 Å². The molecule has 0 aliphatic heterocycles. The molecule has 11 heavy (non-hydrogen) atoms. The predicted molar refractivity (Wildman–Crippen MR) is 44.3 cm³/mol. The lowest BCUT2D eigenvalue weighted by Crippen LogP contribution is -1.77. The van der Waals surface area contributed by atoms with Crippen molar-refractivity contribution in [1.82, 2.24) is 4.98 Å². The summed E-state index contributed by atoms with van der Waals surface area (Å²) < 4.78 is 5.05. The maximum Gasteiger partial charge on any atom is 0.197 e. The summed E-state index contributed by atoms with van der Waals surface area (Å²) in [5.74, 6) is 0.789. The van der Waals surface area contributed by atoms with E-state index in [1.165, 1.54) is 6.42 Å². The molecule has 1 rings (SSSR count). The fraction of sp³-hybridized carbons (Fsp3) is 0.444. The van der Waals surface area contributed by atoms with E-state index in [1.807, 2.05) is 0 Å². The quantitative estimate of drug-likeness (QED) is 0.618. The maximum absolute atomic E-state index is 5.05. The van der Waals surface area contributed by atoms with Gasteiger partial charge < -0.3 is 4.42 Å². The van der Waals surface area contributed by atoms with E-state index < -0.39 is 0 Å². The summed E-state index contributed by atoms with van der Waals surface area (Å²) in [6.45, 7) is 2.16. The lowest BCUT2D eigenvalue weighted by atomic mass is 10.3. The second-order valence-electron chi connectivity index (χ2n) is 2.39. The molecule has 0 unspecified atom stereocenters. The molecule has 1 heterocycles. The molecule has 0 aliphatic rings. The van der Waals surface area contributed by atoms with Crippen molar-refractivity contribution in [3.8, 4) is 0 Å². The van der Waals surface area contributed by atoms with Crippen molar-refractivity contribution in [3.05, 3.63) is 30.5 Å². The fourth-order valence-electron chi connectivity index (χ4n) is 0.822. The van der Waals surface area contributed by atoms with Gasteiger partial charge in [0.05, 0.1) is 6.20 Å². The topological polar surface area (TPSA) is 26.0 Å². The molecule has 0 aromatic carbocycles. The van der Waals surface area contributed by atoms with Gasteiger partial charge in [0.1, 0.15) is 6.26 Å². The average molecular weight is 151 g/mol. The minimum Gasteiger partial charge on any atom is -0.449 e. The minimum absolute atomic E-state index is 0.789. The summed E-state index contributed by atoms with van der Waals surface area (Å²) in [4.78, 5) is 4.00. The zero-order valence-corrected chi connectivity index (χ0v) is 6.79. The van der Waals surface area contributed by atoms with Crippen molar-refractivity contribution in [1.29, 1.82) is 0 Å². The summed E-state index contributed by atoms with van der Waals surface area (Å²) in [5.41, 5.74) is 0. The highest BCUT2D eigenvalue weighted by Gasteiger charge is 1.90. The van der Waals surface area contributed by atoms with Crippen LogP contribution in [0.5, 0.6) is 0 Å². The SMILES string of the molecule is CCC/C=C/Cc1ncco1. The van der Waals surface area contributed by atoms with Gasteiger partial charge in [-0.3, -0.25) is 0 Å². The van der Waals surface area contributed by atoms with Gasteiger partial charge in [-0.15, -0.1) is 0 Å². The van der Waals surface area contributed by atoms with Crippen molar-refractivity contribution in [2.75, 3.05) is 0 Å². The number of unbranched alkanes of at least 4 members (excludes halogenated alkanes) is 1. The molecule has 0 bridgehead atoms. The zero-order chi connectivity index (χ0) is 7.94. The van der Waals surface area contributed by atoms with Gasteiger partial charge in [0, 0.05) is 6.42 Å². The van der Waals surface area contributed by atoms with Gasteiger partial charge in [-0.2, -0.15) is 0 Å². The summed E-state index contributed by atoms with van der Waals surface area (Å²) in [5, 5.41) is 0. The van der Waals surface area contributed by atoms with Gasteiger partial charge in [0.15, 0.2) is 5.89 Å². The van der Waals surface area contributed by atoms with Gasteiger partial charge in [-0.1, -0.05) is 25.5 Å². The second kappa shape index (κ2) is 4.72. The standard InChI is InChI=1S/C9H13NO/c1-2-3-4-5-6-9-10-7-8-11-9/h4-5,7-8H,2-3,6H2,1H3/b5-4+. The lowest BCUT2D eigenvalue weighted by Gasteiger charge is -1.85. The summed E-state index contributed by atoms with van der Waals surface area (Å²) in [6, 6.07) is 0. The van der Waals surface area contributed by atoms with Crippen LogP contribution < -0.4 is 0 Å². The van der Waals surface area contributed by atoms with Crippen molar-refractivity contribution >= 4 is 0 Å². The number of aromatic nitrogens is 1. The zero-order valence-electron chi connectivity index (χ0n) is 6.79. The molecule has 0 atom stereocenters.